The van der Waals surface area contributed by atoms with Gasteiger partial charge in [-0.3, -0.25) is 19.7 Å². The van der Waals surface area contributed by atoms with Crippen LogP contribution >= 0.6 is 23.5 Å². The second-order valence-electron chi connectivity index (χ2n) is 24.3. The summed E-state index contributed by atoms with van der Waals surface area (Å²) in [6.45, 7) is 24.1. The third-order valence-electron chi connectivity index (χ3n) is 15.8. The molecule has 0 saturated heterocycles. The number of nitrogens with one attached hydrogen (secondary N) is 5. The van der Waals surface area contributed by atoms with Crippen molar-refractivity contribution >= 4 is 94.0 Å². The van der Waals surface area contributed by atoms with Crippen molar-refractivity contribution in [3.8, 4) is 11.1 Å². The van der Waals surface area contributed by atoms with Crippen molar-refractivity contribution in [3.63, 3.8) is 0 Å². The number of hydrogen-bond acceptors (Lipinski definition) is 13. The summed E-state index contributed by atoms with van der Waals surface area (Å²) in [4.78, 5) is 92.5. The quantitative estimate of drug-likeness (QED) is 0.0317. The number of hydrogen-bond donors (Lipinski definition) is 5. The van der Waals surface area contributed by atoms with E-state index in [0.29, 0.717) is 51.7 Å². The number of thioether (sulfide) groups is 2. The van der Waals surface area contributed by atoms with E-state index in [1.54, 1.807) is 45.2 Å². The number of aromatic amines is 1. The average molecular weight is 1160 g/mol. The molecule has 82 heavy (non-hydrogen) atoms. The minimum absolute atomic E-state index is 0.0315. The number of ether oxygens (including phenoxy) is 4. The van der Waals surface area contributed by atoms with Crippen LogP contribution in [0.2, 0.25) is 0 Å². The number of methoxy groups -OCH3 is 1. The predicted octanol–water partition coefficient (Wildman–Crippen LogP) is 13.3. The highest BCUT2D eigenvalue weighted by molar-refractivity contribution is 8.00. The standard InChI is InChI=1S/C64H82N6O10S2/c1-38-26-27-44(36-45(38)65-41(4)71)66-60(76)78-33-35-82-40(3)55(73)70-53-51(57(75)80-59-63(9,10)30-21-31-64(59,11)12)49(43-24-18-15-19-25-43)47(68-53)37-46-48(42-22-16-14-17-23-42)50(52(67-46)69-54(72)39(2)81-34-32-77-13)56(74)79-58-61(5,6)28-20-29-62(58,7)8/h14-19,22-27,36-37,39-40,58-59,67H,20-21,28-35H2,1-13H3,(H,65,71)(H,66,76)(H,69,72)(H,68,70,73). The minimum Gasteiger partial charge on any atom is -0.458 e. The molecule has 440 valence electrons. The maximum atomic E-state index is 15.4. The van der Waals surface area contributed by atoms with Gasteiger partial charge in [-0.15, -0.1) is 23.5 Å². The summed E-state index contributed by atoms with van der Waals surface area (Å²) in [6, 6.07) is 23.8. The van der Waals surface area contributed by atoms with Crippen molar-refractivity contribution in [1.82, 2.24) is 10.3 Å². The first-order chi connectivity index (χ1) is 38.7. The van der Waals surface area contributed by atoms with E-state index in [0.717, 1.165) is 44.1 Å². The van der Waals surface area contributed by atoms with E-state index < -0.39 is 46.6 Å². The zero-order valence-corrected chi connectivity index (χ0v) is 51.4. The number of amides is 4. The number of rotatable bonds is 20. The number of carbonyl (C=O) groups is 6. The molecular weight excluding hydrogens is 1080 g/mol. The molecule has 3 aliphatic rings. The van der Waals surface area contributed by atoms with E-state index in [9.17, 15) is 19.2 Å². The summed E-state index contributed by atoms with van der Waals surface area (Å²) in [5, 5.41) is 10.2. The molecule has 0 bridgehead atoms. The number of allylic oxidation sites excluding steroid dienone is 1. The number of benzene rings is 3. The van der Waals surface area contributed by atoms with Gasteiger partial charge in [0.05, 0.1) is 28.5 Å². The molecule has 3 aromatic carbocycles. The van der Waals surface area contributed by atoms with E-state index >= 15 is 9.59 Å². The Morgan fingerprint density at radius 2 is 1.21 bits per heavy atom. The van der Waals surface area contributed by atoms with Crippen LogP contribution in [-0.2, 0) is 38.1 Å². The maximum absolute atomic E-state index is 15.4. The molecule has 2 atom stereocenters. The Kier molecular flexibility index (Phi) is 20.5. The van der Waals surface area contributed by atoms with E-state index in [1.807, 2.05) is 67.6 Å². The van der Waals surface area contributed by atoms with Gasteiger partial charge in [-0.05, 0) is 81.4 Å². The van der Waals surface area contributed by atoms with Crippen LogP contribution in [0.3, 0.4) is 0 Å². The molecule has 4 aromatic rings. The molecule has 7 rings (SSSR count). The van der Waals surface area contributed by atoms with Crippen LogP contribution in [0.15, 0.2) is 95.1 Å². The van der Waals surface area contributed by atoms with Crippen molar-refractivity contribution in [2.45, 2.75) is 144 Å². The summed E-state index contributed by atoms with van der Waals surface area (Å²) < 4.78 is 24.1. The lowest BCUT2D eigenvalue weighted by atomic mass is 9.63. The van der Waals surface area contributed by atoms with Gasteiger partial charge in [-0.25, -0.2) is 19.4 Å². The number of aliphatic imine (C=N–C) groups is 1. The van der Waals surface area contributed by atoms with E-state index in [2.05, 4.69) is 81.6 Å². The molecule has 0 radical (unpaired) electrons. The summed E-state index contributed by atoms with van der Waals surface area (Å²) >= 11 is 2.66. The number of nitrogens with zero attached hydrogens (tertiary/aromatic N) is 1. The predicted molar refractivity (Wildman–Crippen MR) is 330 cm³/mol. The van der Waals surface area contributed by atoms with Crippen LogP contribution in [0, 0.1) is 28.6 Å². The third-order valence-corrected chi connectivity index (χ3v) is 18.0. The molecule has 1 aliphatic heterocycles. The number of esters is 2. The topological polar surface area (TPSA) is 216 Å². The average Bonchev–Trinajstić information content (AvgIpc) is 4.10. The zero-order chi connectivity index (χ0) is 59.7. The molecule has 5 N–H and O–H groups in total. The Labute approximate surface area is 492 Å². The highest BCUT2D eigenvalue weighted by atomic mass is 32.2. The lowest BCUT2D eigenvalue weighted by molar-refractivity contribution is -0.166. The van der Waals surface area contributed by atoms with Gasteiger partial charge in [0.15, 0.2) is 0 Å². The molecule has 2 fully saturated rings. The van der Waals surface area contributed by atoms with Crippen molar-refractivity contribution in [3.05, 3.63) is 113 Å². The van der Waals surface area contributed by atoms with Crippen LogP contribution in [-0.4, -0.2) is 101 Å². The van der Waals surface area contributed by atoms with Crippen LogP contribution in [0.25, 0.3) is 22.8 Å². The number of carbonyl (C=O) groups excluding carboxylic acids is 6. The Balaban J connectivity index is 1.31. The minimum atomic E-state index is -0.727. The van der Waals surface area contributed by atoms with Crippen LogP contribution in [0.4, 0.5) is 22.0 Å². The molecule has 4 amide bonds. The van der Waals surface area contributed by atoms with E-state index in [1.165, 1.54) is 30.4 Å². The molecule has 2 saturated carbocycles. The fourth-order valence-corrected chi connectivity index (χ4v) is 13.4. The number of aromatic nitrogens is 1. The van der Waals surface area contributed by atoms with E-state index in [4.69, 9.17) is 23.9 Å². The van der Waals surface area contributed by atoms with Gasteiger partial charge in [-0.2, -0.15) is 0 Å². The lowest BCUT2D eigenvalue weighted by Gasteiger charge is -2.48. The molecule has 18 heteroatoms. The third kappa shape index (κ3) is 15.3. The van der Waals surface area contributed by atoms with Gasteiger partial charge in [0.1, 0.15) is 41.6 Å². The number of anilines is 3. The SMILES string of the molecule is COCCSC(C)C(=O)Nc1[nH]c(C=C2N=C(NC(=O)C(C)SCCOC(=O)Nc3ccc(C)c(NC(C)=O)c3)C(C(=O)OC3C(C)(C)CCCC3(C)C)=C2c2ccccc2)c(-c2ccccc2)c1C(=O)OC1C(C)(C)CCCC1(C)C. The molecule has 2 aliphatic carbocycles. The Morgan fingerprint density at radius 1 is 0.683 bits per heavy atom. The van der Waals surface area contributed by atoms with Gasteiger partial charge in [0.25, 0.3) is 0 Å². The first kappa shape index (κ1) is 63.0. The Hall–Kier alpha value is -6.63. The van der Waals surface area contributed by atoms with Crippen LogP contribution in [0.5, 0.6) is 0 Å². The fourth-order valence-electron chi connectivity index (χ4n) is 11.8. The summed E-state index contributed by atoms with van der Waals surface area (Å²) in [7, 11) is 1.61. The Bertz CT molecular complexity index is 3080. The van der Waals surface area contributed by atoms with Gasteiger partial charge >= 0.3 is 18.0 Å². The molecule has 1 aromatic heterocycles. The van der Waals surface area contributed by atoms with E-state index in [-0.39, 0.29) is 74.3 Å². The normalized spacial score (nSPS) is 18.6. The highest BCUT2D eigenvalue weighted by Gasteiger charge is 2.49. The first-order valence-corrected chi connectivity index (χ1v) is 30.3. The highest BCUT2D eigenvalue weighted by Crippen LogP contribution is 2.50. The molecular formula is C64H82N6O10S2. The van der Waals surface area contributed by atoms with Crippen molar-refractivity contribution in [2.75, 3.05) is 47.8 Å². The maximum Gasteiger partial charge on any atom is 0.411 e. The van der Waals surface area contributed by atoms with Gasteiger partial charge in [0.2, 0.25) is 17.7 Å². The molecule has 2 unspecified atom stereocenters. The second-order valence-corrected chi connectivity index (χ2v) is 27.2. The first-order valence-electron chi connectivity index (χ1n) is 28.2. The summed E-state index contributed by atoms with van der Waals surface area (Å²) in [5.41, 5.74) is 3.21. The van der Waals surface area contributed by atoms with Crippen molar-refractivity contribution in [2.24, 2.45) is 26.7 Å². The summed E-state index contributed by atoms with van der Waals surface area (Å²) in [6.07, 6.45) is 5.42. The van der Waals surface area contributed by atoms with Gasteiger partial charge in [0, 0.05) is 69.7 Å². The monoisotopic (exact) mass is 1160 g/mol. The lowest BCUT2D eigenvalue weighted by Crippen LogP contribution is -2.49. The summed E-state index contributed by atoms with van der Waals surface area (Å²) in [5.74, 6) is -1.43. The van der Waals surface area contributed by atoms with Gasteiger partial charge in [-0.1, -0.05) is 135 Å². The van der Waals surface area contributed by atoms with Crippen molar-refractivity contribution < 1.29 is 47.7 Å². The number of amidine groups is 1. The van der Waals surface area contributed by atoms with Crippen LogP contribution < -0.4 is 21.3 Å². The van der Waals surface area contributed by atoms with Crippen molar-refractivity contribution in [1.29, 1.82) is 0 Å². The molecule has 2 heterocycles. The fraction of sp³-hybridized carbons (Fsp3) is 0.484. The number of aryl methyl sites for hydroxylation is 1. The largest absolute Gasteiger partial charge is 0.458 e. The number of H-pyrrole nitrogens is 1. The zero-order valence-electron chi connectivity index (χ0n) is 49.8. The van der Waals surface area contributed by atoms with Gasteiger partial charge < -0.3 is 39.9 Å². The molecule has 16 nitrogen and oxygen atoms in total. The second kappa shape index (κ2) is 26.7. The smallest absolute Gasteiger partial charge is 0.411 e. The van der Waals surface area contributed by atoms with Crippen LogP contribution in [0.1, 0.15) is 142 Å². The molecule has 0 spiro atoms. The Morgan fingerprint density at radius 3 is 1.76 bits per heavy atom.